The summed E-state index contributed by atoms with van der Waals surface area (Å²) in [6, 6.07) is 15.1. The summed E-state index contributed by atoms with van der Waals surface area (Å²) in [6.07, 6.45) is 11.4. The van der Waals surface area contributed by atoms with Gasteiger partial charge in [0, 0.05) is 17.3 Å². The van der Waals surface area contributed by atoms with Crippen molar-refractivity contribution in [3.05, 3.63) is 82.8 Å². The molecule has 0 fully saturated rings. The van der Waals surface area contributed by atoms with Crippen molar-refractivity contribution < 1.29 is 4.79 Å². The van der Waals surface area contributed by atoms with E-state index in [1.165, 1.54) is 5.56 Å². The fraction of sp³-hybridized carbons (Fsp3) is 0.115. The Kier molecular flexibility index (Phi) is 5.73. The fourth-order valence-electron chi connectivity index (χ4n) is 3.63. The summed E-state index contributed by atoms with van der Waals surface area (Å²) >= 11 is 0. The number of terminal acetylenes is 1. The smallest absolute Gasteiger partial charge is 0.250 e. The Labute approximate surface area is 186 Å². The quantitative estimate of drug-likeness (QED) is 0.445. The van der Waals surface area contributed by atoms with Crippen LogP contribution >= 0.6 is 0 Å². The molecule has 0 aliphatic heterocycles. The second kappa shape index (κ2) is 8.78. The molecule has 6 nitrogen and oxygen atoms in total. The highest BCUT2D eigenvalue weighted by Crippen LogP contribution is 2.31. The maximum Gasteiger partial charge on any atom is 0.250 e. The van der Waals surface area contributed by atoms with Gasteiger partial charge in [0.25, 0.3) is 5.91 Å². The summed E-state index contributed by atoms with van der Waals surface area (Å²) in [5, 5.41) is 8.51. The normalized spacial score (nSPS) is 11.0. The van der Waals surface area contributed by atoms with E-state index < -0.39 is 5.91 Å². The van der Waals surface area contributed by atoms with Crippen molar-refractivity contribution in [2.24, 2.45) is 5.73 Å². The van der Waals surface area contributed by atoms with Crippen LogP contribution in [0.2, 0.25) is 0 Å². The molecule has 4 aromatic rings. The number of hydrogen-bond acceptors (Lipinski definition) is 4. The van der Waals surface area contributed by atoms with Crippen molar-refractivity contribution in [1.82, 2.24) is 15.2 Å². The first kappa shape index (κ1) is 20.9. The molecule has 2 aromatic heterocycles. The molecule has 2 heterocycles. The molecule has 0 bridgehead atoms. The number of fused-ring (bicyclic) bond motifs is 1. The average Bonchev–Trinajstić information content (AvgIpc) is 3.20. The topological polar surface area (TPSA) is 87.9 Å². The Morgan fingerprint density at radius 2 is 1.94 bits per heavy atom. The fourth-order valence-corrected chi connectivity index (χ4v) is 3.63. The Morgan fingerprint density at radius 1 is 1.16 bits per heavy atom. The van der Waals surface area contributed by atoms with E-state index in [0.717, 1.165) is 33.5 Å². The number of aromatic nitrogens is 3. The zero-order valence-electron chi connectivity index (χ0n) is 18.0. The van der Waals surface area contributed by atoms with Crippen LogP contribution in [0.5, 0.6) is 0 Å². The molecule has 0 atom stereocenters. The van der Waals surface area contributed by atoms with Gasteiger partial charge in [-0.15, -0.1) is 6.42 Å². The minimum absolute atomic E-state index is 0.287. The lowest BCUT2D eigenvalue weighted by Crippen LogP contribution is -2.22. The molecule has 0 radical (unpaired) electrons. The number of benzene rings is 2. The third-order valence-electron chi connectivity index (χ3n) is 5.51. The summed E-state index contributed by atoms with van der Waals surface area (Å²) in [4.78, 5) is 18.3. The number of primary amides is 1. The number of carbonyl (C=O) groups is 1. The molecule has 0 saturated heterocycles. The molecule has 32 heavy (non-hydrogen) atoms. The number of nitrogens with two attached hydrogens (primary N) is 1. The van der Waals surface area contributed by atoms with Gasteiger partial charge in [0.2, 0.25) is 0 Å². The van der Waals surface area contributed by atoms with Crippen LogP contribution in [-0.4, -0.2) is 27.6 Å². The van der Waals surface area contributed by atoms with Gasteiger partial charge in [0.1, 0.15) is 0 Å². The molecule has 1 amide bonds. The first-order chi connectivity index (χ1) is 15.5. The maximum absolute atomic E-state index is 11.9. The van der Waals surface area contributed by atoms with Gasteiger partial charge in [-0.3, -0.25) is 14.9 Å². The summed E-state index contributed by atoms with van der Waals surface area (Å²) in [6.45, 7) is 4.41. The van der Waals surface area contributed by atoms with Gasteiger partial charge in [-0.25, -0.2) is 0 Å². The summed E-state index contributed by atoms with van der Waals surface area (Å²) < 4.78 is 0. The second-order valence-corrected chi connectivity index (χ2v) is 7.48. The standard InChI is InChI=1S/C26H23N5O/c1-4-15-31(25-8-6-5-7-21(25)26(27)32)19-9-10-20-23(29-30-24(20)16-19)12-11-22-18(3)17(2)13-14-28-22/h1,5-14,16H,15H2,2-3H3,(H2,27,32)(H,29,30)/b12-11+. The highest BCUT2D eigenvalue weighted by molar-refractivity contribution is 6.00. The van der Waals surface area contributed by atoms with E-state index in [0.29, 0.717) is 11.3 Å². The summed E-state index contributed by atoms with van der Waals surface area (Å²) in [5.74, 6) is 2.16. The number of nitrogens with zero attached hydrogens (tertiary/aromatic N) is 3. The number of para-hydroxylation sites is 1. The molecular weight excluding hydrogens is 398 g/mol. The first-order valence-corrected chi connectivity index (χ1v) is 10.2. The maximum atomic E-state index is 11.9. The number of amides is 1. The van der Waals surface area contributed by atoms with Crippen molar-refractivity contribution >= 4 is 40.3 Å². The molecule has 3 N–H and O–H groups in total. The highest BCUT2D eigenvalue weighted by atomic mass is 16.1. The number of aryl methyl sites for hydroxylation is 1. The van der Waals surface area contributed by atoms with E-state index in [1.807, 2.05) is 53.5 Å². The van der Waals surface area contributed by atoms with Crippen molar-refractivity contribution in [2.45, 2.75) is 13.8 Å². The summed E-state index contributed by atoms with van der Waals surface area (Å²) in [7, 11) is 0. The van der Waals surface area contributed by atoms with Crippen LogP contribution in [0.4, 0.5) is 11.4 Å². The average molecular weight is 422 g/mol. The SMILES string of the molecule is C#CCN(c1ccc2c(/C=C/c3nccc(C)c3C)n[nH]c2c1)c1ccccc1C(N)=O. The van der Waals surface area contributed by atoms with Crippen molar-refractivity contribution in [1.29, 1.82) is 0 Å². The molecule has 0 aliphatic carbocycles. The van der Waals surface area contributed by atoms with E-state index in [4.69, 9.17) is 12.2 Å². The minimum atomic E-state index is -0.502. The number of pyridine rings is 1. The number of aromatic amines is 1. The molecular formula is C26H23N5O. The van der Waals surface area contributed by atoms with Gasteiger partial charge < -0.3 is 10.6 Å². The molecule has 0 spiro atoms. The third kappa shape index (κ3) is 3.96. The van der Waals surface area contributed by atoms with Crippen LogP contribution in [0.25, 0.3) is 23.1 Å². The van der Waals surface area contributed by atoms with E-state index in [2.05, 4.69) is 34.9 Å². The molecule has 0 saturated carbocycles. The Hall–Kier alpha value is -4.37. The van der Waals surface area contributed by atoms with Gasteiger partial charge >= 0.3 is 0 Å². The predicted molar refractivity (Wildman–Crippen MR) is 130 cm³/mol. The predicted octanol–water partition coefficient (Wildman–Crippen LogP) is 4.62. The lowest BCUT2D eigenvalue weighted by atomic mass is 10.1. The largest absolute Gasteiger partial charge is 0.366 e. The lowest BCUT2D eigenvalue weighted by Gasteiger charge is -2.24. The van der Waals surface area contributed by atoms with Gasteiger partial charge in [-0.2, -0.15) is 5.10 Å². The second-order valence-electron chi connectivity index (χ2n) is 7.48. The Morgan fingerprint density at radius 3 is 2.72 bits per heavy atom. The molecule has 6 heteroatoms. The molecule has 0 aliphatic rings. The number of hydrogen-bond donors (Lipinski definition) is 2. The number of rotatable bonds is 6. The van der Waals surface area contributed by atoms with Gasteiger partial charge in [0.15, 0.2) is 0 Å². The Bertz CT molecular complexity index is 1380. The molecule has 158 valence electrons. The van der Waals surface area contributed by atoms with Crippen LogP contribution in [-0.2, 0) is 0 Å². The first-order valence-electron chi connectivity index (χ1n) is 10.2. The summed E-state index contributed by atoms with van der Waals surface area (Å²) in [5.41, 5.74) is 12.4. The molecule has 0 unspecified atom stereocenters. The highest BCUT2D eigenvalue weighted by Gasteiger charge is 2.16. The number of anilines is 2. The van der Waals surface area contributed by atoms with Crippen LogP contribution < -0.4 is 10.6 Å². The van der Waals surface area contributed by atoms with Gasteiger partial charge in [-0.1, -0.05) is 18.1 Å². The van der Waals surface area contributed by atoms with E-state index in [9.17, 15) is 4.79 Å². The van der Waals surface area contributed by atoms with Crippen molar-refractivity contribution in [3.63, 3.8) is 0 Å². The van der Waals surface area contributed by atoms with Gasteiger partial charge in [0.05, 0.1) is 34.7 Å². The van der Waals surface area contributed by atoms with Crippen molar-refractivity contribution in [3.8, 4) is 12.3 Å². The number of nitrogens with one attached hydrogen (secondary N) is 1. The van der Waals surface area contributed by atoms with Crippen LogP contribution in [0.3, 0.4) is 0 Å². The molecule has 4 rings (SSSR count). The minimum Gasteiger partial charge on any atom is -0.366 e. The lowest BCUT2D eigenvalue weighted by molar-refractivity contribution is 0.100. The zero-order chi connectivity index (χ0) is 22.7. The van der Waals surface area contributed by atoms with Gasteiger partial charge in [-0.05, 0) is 73.5 Å². The van der Waals surface area contributed by atoms with Crippen LogP contribution in [0.1, 0.15) is 32.9 Å². The van der Waals surface area contributed by atoms with E-state index in [1.54, 1.807) is 18.3 Å². The Balaban J connectivity index is 1.72. The number of H-pyrrole nitrogens is 1. The van der Waals surface area contributed by atoms with Crippen LogP contribution in [0, 0.1) is 26.2 Å². The monoisotopic (exact) mass is 421 g/mol. The zero-order valence-corrected chi connectivity index (χ0v) is 18.0. The van der Waals surface area contributed by atoms with Crippen molar-refractivity contribution in [2.75, 3.05) is 11.4 Å². The van der Waals surface area contributed by atoms with E-state index in [-0.39, 0.29) is 6.54 Å². The number of carbonyl (C=O) groups excluding carboxylic acids is 1. The molecule has 2 aromatic carbocycles. The van der Waals surface area contributed by atoms with E-state index >= 15 is 0 Å². The third-order valence-corrected chi connectivity index (χ3v) is 5.51. The van der Waals surface area contributed by atoms with Crippen LogP contribution in [0.15, 0.2) is 54.7 Å².